The Morgan fingerprint density at radius 3 is 2.62 bits per heavy atom. The lowest BCUT2D eigenvalue weighted by molar-refractivity contribution is 0.122. The van der Waals surface area contributed by atoms with Crippen molar-refractivity contribution in [1.82, 2.24) is 15.0 Å². The zero-order chi connectivity index (χ0) is 21.8. The third kappa shape index (κ3) is 4.76. The molecule has 0 atom stereocenters. The fourth-order valence-electron chi connectivity index (χ4n) is 4.49. The first kappa shape index (κ1) is 20.9. The second-order valence-electron chi connectivity index (χ2n) is 8.41. The minimum atomic E-state index is 0.0259. The summed E-state index contributed by atoms with van der Waals surface area (Å²) in [4.78, 5) is 15.8. The van der Waals surface area contributed by atoms with Crippen molar-refractivity contribution in [3.63, 3.8) is 0 Å². The van der Waals surface area contributed by atoms with E-state index in [1.165, 1.54) is 0 Å². The molecule has 1 aliphatic carbocycles. The minimum Gasteiger partial charge on any atom is -0.488 e. The van der Waals surface area contributed by atoms with Gasteiger partial charge < -0.3 is 24.8 Å². The van der Waals surface area contributed by atoms with Crippen LogP contribution in [0.2, 0.25) is 0 Å². The lowest BCUT2D eigenvalue weighted by atomic mass is 9.93. The number of hydrogen-bond donors (Lipinski definition) is 2. The summed E-state index contributed by atoms with van der Waals surface area (Å²) in [6.45, 7) is 3.24. The van der Waals surface area contributed by atoms with Gasteiger partial charge in [-0.15, -0.1) is 0 Å². The van der Waals surface area contributed by atoms with Crippen LogP contribution in [-0.2, 0) is 11.3 Å². The molecule has 1 saturated heterocycles. The normalized spacial score (nSPS) is 21.5. The predicted molar refractivity (Wildman–Crippen MR) is 123 cm³/mol. The van der Waals surface area contributed by atoms with E-state index in [1.807, 2.05) is 12.1 Å². The van der Waals surface area contributed by atoms with Crippen molar-refractivity contribution >= 4 is 22.5 Å². The topological polar surface area (TPSA) is 92.6 Å². The molecule has 0 spiro atoms. The van der Waals surface area contributed by atoms with Crippen LogP contribution in [0.4, 0.5) is 11.5 Å². The molecule has 1 aromatic carbocycles. The van der Waals surface area contributed by atoms with Gasteiger partial charge in [-0.05, 0) is 49.4 Å². The summed E-state index contributed by atoms with van der Waals surface area (Å²) >= 11 is 0. The lowest BCUT2D eigenvalue weighted by Crippen LogP contribution is -2.36. The molecular formula is C24H29N5O3. The predicted octanol–water partition coefficient (Wildman–Crippen LogP) is 3.16. The van der Waals surface area contributed by atoms with Crippen LogP contribution in [-0.4, -0.2) is 58.5 Å². The molecule has 2 N–H and O–H groups in total. The van der Waals surface area contributed by atoms with Gasteiger partial charge in [0.1, 0.15) is 17.1 Å². The largest absolute Gasteiger partial charge is 0.488 e. The van der Waals surface area contributed by atoms with Crippen molar-refractivity contribution in [3.05, 3.63) is 48.4 Å². The highest BCUT2D eigenvalue weighted by molar-refractivity contribution is 5.85. The zero-order valence-electron chi connectivity index (χ0n) is 18.1. The fraction of sp³-hybridized carbons (Fsp3) is 0.458. The van der Waals surface area contributed by atoms with E-state index in [4.69, 9.17) is 9.47 Å². The molecule has 1 aliphatic heterocycles. The Bertz CT molecular complexity index is 1050. The standard InChI is InChI=1S/C24H29N5O3/c30-16-17-5-6-26-23(13-17)28-18-1-3-20(4-2-18)32-22-15-19(29-9-11-31-12-10-29)14-21-24(22)27-8-7-25-21/h5-8,13-15,18,20,30H,1-4,9-12,16H2,(H,26,28)/t18-,20+. The summed E-state index contributed by atoms with van der Waals surface area (Å²) in [5, 5.41) is 12.8. The Labute approximate surface area is 187 Å². The summed E-state index contributed by atoms with van der Waals surface area (Å²) in [6.07, 6.45) is 9.25. The van der Waals surface area contributed by atoms with E-state index in [0.717, 1.165) is 85.8 Å². The highest BCUT2D eigenvalue weighted by Gasteiger charge is 2.24. The van der Waals surface area contributed by atoms with Crippen molar-refractivity contribution in [2.45, 2.75) is 44.4 Å². The molecule has 2 fully saturated rings. The van der Waals surface area contributed by atoms with Crippen LogP contribution in [0.15, 0.2) is 42.9 Å². The van der Waals surface area contributed by atoms with E-state index < -0.39 is 0 Å². The van der Waals surface area contributed by atoms with Gasteiger partial charge in [0.2, 0.25) is 0 Å². The van der Waals surface area contributed by atoms with Crippen LogP contribution < -0.4 is 15.0 Å². The number of nitrogens with one attached hydrogen (secondary N) is 1. The third-order valence-electron chi connectivity index (χ3n) is 6.23. The molecule has 3 aromatic rings. The van der Waals surface area contributed by atoms with Crippen LogP contribution in [0, 0.1) is 0 Å². The van der Waals surface area contributed by atoms with Crippen molar-refractivity contribution in [1.29, 1.82) is 0 Å². The number of ether oxygens (including phenoxy) is 2. The Kier molecular flexibility index (Phi) is 6.31. The molecule has 0 radical (unpaired) electrons. The Morgan fingerprint density at radius 2 is 1.81 bits per heavy atom. The second kappa shape index (κ2) is 9.67. The lowest BCUT2D eigenvalue weighted by Gasteiger charge is -2.31. The SMILES string of the molecule is OCc1ccnc(N[C@H]2CC[C@@H](Oc3cc(N4CCOCC4)cc4nccnc34)CC2)c1. The molecule has 2 aromatic heterocycles. The van der Waals surface area contributed by atoms with Gasteiger partial charge in [-0.1, -0.05) is 0 Å². The maximum absolute atomic E-state index is 9.33. The number of rotatable bonds is 6. The summed E-state index contributed by atoms with van der Waals surface area (Å²) in [5.74, 6) is 1.63. The van der Waals surface area contributed by atoms with Gasteiger partial charge in [0, 0.05) is 49.5 Å². The number of benzene rings is 1. The van der Waals surface area contributed by atoms with E-state index in [2.05, 4.69) is 37.3 Å². The van der Waals surface area contributed by atoms with Crippen molar-refractivity contribution in [2.75, 3.05) is 36.5 Å². The van der Waals surface area contributed by atoms with E-state index in [0.29, 0.717) is 6.04 Å². The number of fused-ring (bicyclic) bond motifs is 1. The van der Waals surface area contributed by atoms with E-state index in [-0.39, 0.29) is 12.7 Å². The maximum atomic E-state index is 9.33. The highest BCUT2D eigenvalue weighted by Crippen LogP contribution is 2.33. The zero-order valence-corrected chi connectivity index (χ0v) is 18.1. The Morgan fingerprint density at radius 1 is 1.00 bits per heavy atom. The highest BCUT2D eigenvalue weighted by atomic mass is 16.5. The van der Waals surface area contributed by atoms with Gasteiger partial charge in [-0.25, -0.2) is 9.97 Å². The van der Waals surface area contributed by atoms with E-state index in [9.17, 15) is 5.11 Å². The number of nitrogens with zero attached hydrogens (tertiary/aromatic N) is 4. The van der Waals surface area contributed by atoms with Gasteiger partial charge in [0.05, 0.1) is 31.4 Å². The van der Waals surface area contributed by atoms with Gasteiger partial charge in [0.15, 0.2) is 0 Å². The number of hydrogen-bond acceptors (Lipinski definition) is 8. The van der Waals surface area contributed by atoms with E-state index in [1.54, 1.807) is 18.6 Å². The van der Waals surface area contributed by atoms with Crippen molar-refractivity contribution < 1.29 is 14.6 Å². The molecule has 3 heterocycles. The first-order valence-electron chi connectivity index (χ1n) is 11.3. The number of pyridine rings is 1. The average Bonchev–Trinajstić information content (AvgIpc) is 2.86. The van der Waals surface area contributed by atoms with Gasteiger partial charge in [0.25, 0.3) is 0 Å². The summed E-state index contributed by atoms with van der Waals surface area (Å²) in [5.41, 5.74) is 3.65. The van der Waals surface area contributed by atoms with Gasteiger partial charge in [-0.2, -0.15) is 0 Å². The Hall–Kier alpha value is -2.97. The molecule has 8 nitrogen and oxygen atoms in total. The van der Waals surface area contributed by atoms with Gasteiger partial charge in [-0.3, -0.25) is 4.98 Å². The minimum absolute atomic E-state index is 0.0259. The van der Waals surface area contributed by atoms with Gasteiger partial charge >= 0.3 is 0 Å². The first-order valence-corrected chi connectivity index (χ1v) is 11.3. The third-order valence-corrected chi connectivity index (χ3v) is 6.23. The van der Waals surface area contributed by atoms with Crippen LogP contribution in [0.1, 0.15) is 31.2 Å². The van der Waals surface area contributed by atoms with Crippen LogP contribution >= 0.6 is 0 Å². The molecule has 168 valence electrons. The molecule has 32 heavy (non-hydrogen) atoms. The average molecular weight is 436 g/mol. The Balaban J connectivity index is 1.26. The number of aliphatic hydroxyl groups is 1. The first-order chi connectivity index (χ1) is 15.8. The summed E-state index contributed by atoms with van der Waals surface area (Å²) in [7, 11) is 0. The molecule has 1 saturated carbocycles. The number of anilines is 2. The fourth-order valence-corrected chi connectivity index (χ4v) is 4.49. The van der Waals surface area contributed by atoms with Crippen LogP contribution in [0.5, 0.6) is 5.75 Å². The molecule has 8 heteroatoms. The number of aliphatic hydroxyl groups excluding tert-OH is 1. The second-order valence-corrected chi connectivity index (χ2v) is 8.41. The number of morpholine rings is 1. The molecule has 0 amide bonds. The number of aromatic nitrogens is 3. The van der Waals surface area contributed by atoms with Crippen molar-refractivity contribution in [3.8, 4) is 5.75 Å². The van der Waals surface area contributed by atoms with E-state index >= 15 is 0 Å². The monoisotopic (exact) mass is 435 g/mol. The summed E-state index contributed by atoms with van der Waals surface area (Å²) in [6, 6.07) is 8.29. The maximum Gasteiger partial charge on any atom is 0.149 e. The van der Waals surface area contributed by atoms with Crippen LogP contribution in [0.25, 0.3) is 11.0 Å². The molecule has 2 aliphatic rings. The van der Waals surface area contributed by atoms with Crippen LogP contribution in [0.3, 0.4) is 0 Å². The molecule has 5 rings (SSSR count). The summed E-state index contributed by atoms with van der Waals surface area (Å²) < 4.78 is 12.0. The quantitative estimate of drug-likeness (QED) is 0.610. The smallest absolute Gasteiger partial charge is 0.149 e. The molecular weight excluding hydrogens is 406 g/mol. The molecule has 0 unspecified atom stereocenters. The molecule has 0 bridgehead atoms. The van der Waals surface area contributed by atoms with Crippen molar-refractivity contribution in [2.24, 2.45) is 0 Å².